The number of hydrogen-bond acceptors (Lipinski definition) is 5. The summed E-state index contributed by atoms with van der Waals surface area (Å²) in [6, 6.07) is 11.5. The Bertz CT molecular complexity index is 891. The number of methoxy groups -OCH3 is 1. The van der Waals surface area contributed by atoms with Gasteiger partial charge < -0.3 is 25.4 Å². The highest BCUT2D eigenvalue weighted by Gasteiger charge is 2.12. The summed E-state index contributed by atoms with van der Waals surface area (Å²) in [6.45, 7) is 0.0149. The van der Waals surface area contributed by atoms with Crippen molar-refractivity contribution in [3.63, 3.8) is 0 Å². The molecule has 0 saturated heterocycles. The van der Waals surface area contributed by atoms with E-state index in [1.807, 2.05) is 0 Å². The van der Waals surface area contributed by atoms with Crippen molar-refractivity contribution in [3.8, 4) is 11.5 Å². The van der Waals surface area contributed by atoms with Crippen LogP contribution in [0.4, 0.5) is 0 Å². The maximum atomic E-state index is 12.0. The molecule has 0 spiro atoms. The van der Waals surface area contributed by atoms with Crippen molar-refractivity contribution >= 4 is 40.9 Å². The molecule has 0 unspecified atom stereocenters. The first-order valence-electron chi connectivity index (χ1n) is 8.92. The van der Waals surface area contributed by atoms with Gasteiger partial charge in [0.2, 0.25) is 11.8 Å². The number of nitrogens with one attached hydrogen (secondary N) is 3. The standard InChI is InChI=1S/C20H21Cl2N3O5/c1-29-14-3-5-15(6-4-14)30-9-8-23-18(26)11-24-19(27)12-25-20(28)16-7-2-13(21)10-17(16)22/h2-7,10H,8-9,11-12H2,1H3,(H,23,26)(H,24,27)(H,25,28). The van der Waals surface area contributed by atoms with Gasteiger partial charge in [-0.15, -0.1) is 0 Å². The maximum Gasteiger partial charge on any atom is 0.253 e. The second kappa shape index (κ2) is 11.9. The molecule has 30 heavy (non-hydrogen) atoms. The highest BCUT2D eigenvalue weighted by atomic mass is 35.5. The molecule has 8 nitrogen and oxygen atoms in total. The highest BCUT2D eigenvalue weighted by molar-refractivity contribution is 6.36. The summed E-state index contributed by atoms with van der Waals surface area (Å²) < 4.78 is 10.5. The van der Waals surface area contributed by atoms with Crippen molar-refractivity contribution in [3.05, 3.63) is 58.1 Å². The lowest BCUT2D eigenvalue weighted by Crippen LogP contribution is -2.42. The Hall–Kier alpha value is -2.97. The molecule has 0 heterocycles. The summed E-state index contributed by atoms with van der Waals surface area (Å²) in [7, 11) is 1.58. The first-order valence-corrected chi connectivity index (χ1v) is 9.68. The molecule has 0 atom stereocenters. The van der Waals surface area contributed by atoms with Gasteiger partial charge in [-0.3, -0.25) is 14.4 Å². The van der Waals surface area contributed by atoms with E-state index < -0.39 is 11.8 Å². The minimum absolute atomic E-state index is 0.177. The Morgan fingerprint density at radius 2 is 1.50 bits per heavy atom. The number of ether oxygens (including phenoxy) is 2. The Morgan fingerprint density at radius 3 is 2.17 bits per heavy atom. The zero-order valence-corrected chi connectivity index (χ0v) is 17.7. The van der Waals surface area contributed by atoms with E-state index in [4.69, 9.17) is 32.7 Å². The second-order valence-electron chi connectivity index (χ2n) is 5.96. The fourth-order valence-corrected chi connectivity index (χ4v) is 2.76. The Balaban J connectivity index is 1.60. The lowest BCUT2D eigenvalue weighted by Gasteiger charge is -2.10. The van der Waals surface area contributed by atoms with Gasteiger partial charge in [0.05, 0.1) is 37.3 Å². The molecular weight excluding hydrogens is 433 g/mol. The highest BCUT2D eigenvalue weighted by Crippen LogP contribution is 2.20. The lowest BCUT2D eigenvalue weighted by atomic mass is 10.2. The van der Waals surface area contributed by atoms with Crippen LogP contribution in [0, 0.1) is 0 Å². The predicted molar refractivity (Wildman–Crippen MR) is 113 cm³/mol. The molecule has 0 aliphatic rings. The molecule has 0 bridgehead atoms. The molecule has 0 saturated carbocycles. The minimum atomic E-state index is -0.521. The molecule has 0 fully saturated rings. The van der Waals surface area contributed by atoms with Crippen LogP contribution in [0.15, 0.2) is 42.5 Å². The van der Waals surface area contributed by atoms with Crippen LogP contribution in [-0.4, -0.2) is 51.1 Å². The van der Waals surface area contributed by atoms with Crippen LogP contribution in [0.2, 0.25) is 10.0 Å². The van der Waals surface area contributed by atoms with Crippen LogP contribution in [0.5, 0.6) is 11.5 Å². The van der Waals surface area contributed by atoms with Gasteiger partial charge >= 0.3 is 0 Å². The molecule has 160 valence electrons. The van der Waals surface area contributed by atoms with E-state index in [1.54, 1.807) is 31.4 Å². The maximum absolute atomic E-state index is 12.0. The van der Waals surface area contributed by atoms with Gasteiger partial charge in [-0.2, -0.15) is 0 Å². The molecule has 3 N–H and O–H groups in total. The molecule has 2 aromatic rings. The molecule has 0 aromatic heterocycles. The van der Waals surface area contributed by atoms with E-state index in [0.29, 0.717) is 10.8 Å². The third-order valence-electron chi connectivity index (χ3n) is 3.78. The van der Waals surface area contributed by atoms with E-state index >= 15 is 0 Å². The SMILES string of the molecule is COc1ccc(OCCNC(=O)CNC(=O)CNC(=O)c2ccc(Cl)cc2Cl)cc1. The minimum Gasteiger partial charge on any atom is -0.497 e. The molecule has 3 amide bonds. The fraction of sp³-hybridized carbons (Fsp3) is 0.250. The van der Waals surface area contributed by atoms with Gasteiger partial charge in [-0.1, -0.05) is 23.2 Å². The summed E-state index contributed by atoms with van der Waals surface area (Å²) >= 11 is 11.7. The summed E-state index contributed by atoms with van der Waals surface area (Å²) in [4.78, 5) is 35.6. The van der Waals surface area contributed by atoms with Crippen LogP contribution in [0.3, 0.4) is 0 Å². The molecule has 2 rings (SSSR count). The van der Waals surface area contributed by atoms with Crippen LogP contribution in [0.1, 0.15) is 10.4 Å². The van der Waals surface area contributed by atoms with Crippen molar-refractivity contribution in [2.75, 3.05) is 33.4 Å². The first-order chi connectivity index (χ1) is 14.4. The lowest BCUT2D eigenvalue weighted by molar-refractivity contribution is -0.125. The molecule has 0 radical (unpaired) electrons. The van der Waals surface area contributed by atoms with Gasteiger partial charge in [0.25, 0.3) is 5.91 Å². The zero-order valence-electron chi connectivity index (χ0n) is 16.2. The number of carbonyl (C=O) groups excluding carboxylic acids is 3. The quantitative estimate of drug-likeness (QED) is 0.477. The van der Waals surface area contributed by atoms with E-state index in [1.165, 1.54) is 18.2 Å². The van der Waals surface area contributed by atoms with E-state index in [2.05, 4.69) is 16.0 Å². The van der Waals surface area contributed by atoms with Crippen molar-refractivity contribution in [1.29, 1.82) is 0 Å². The summed E-state index contributed by atoms with van der Waals surface area (Å²) in [5.74, 6) is -0.0486. The van der Waals surface area contributed by atoms with Crippen molar-refractivity contribution in [2.24, 2.45) is 0 Å². The Kier molecular flexibility index (Phi) is 9.24. The monoisotopic (exact) mass is 453 g/mol. The van der Waals surface area contributed by atoms with Gasteiger partial charge in [-0.25, -0.2) is 0 Å². The number of hydrogen-bond donors (Lipinski definition) is 3. The largest absolute Gasteiger partial charge is 0.497 e. The zero-order chi connectivity index (χ0) is 21.9. The van der Waals surface area contributed by atoms with Gasteiger partial charge in [0.1, 0.15) is 18.1 Å². The smallest absolute Gasteiger partial charge is 0.253 e. The van der Waals surface area contributed by atoms with Gasteiger partial charge in [0.15, 0.2) is 0 Å². The summed E-state index contributed by atoms with van der Waals surface area (Å²) in [6.07, 6.45) is 0. The van der Waals surface area contributed by atoms with Crippen molar-refractivity contribution < 1.29 is 23.9 Å². The average molecular weight is 454 g/mol. The molecule has 0 aliphatic heterocycles. The number of rotatable bonds is 10. The van der Waals surface area contributed by atoms with Crippen molar-refractivity contribution in [2.45, 2.75) is 0 Å². The fourth-order valence-electron chi connectivity index (χ4n) is 2.26. The third-order valence-corrected chi connectivity index (χ3v) is 4.33. The van der Waals surface area contributed by atoms with Crippen LogP contribution >= 0.6 is 23.2 Å². The van der Waals surface area contributed by atoms with E-state index in [0.717, 1.165) is 5.75 Å². The van der Waals surface area contributed by atoms with Crippen LogP contribution in [-0.2, 0) is 9.59 Å². The molecular formula is C20H21Cl2N3O5. The topological polar surface area (TPSA) is 106 Å². The number of amides is 3. The van der Waals surface area contributed by atoms with Gasteiger partial charge in [-0.05, 0) is 42.5 Å². The molecule has 0 aliphatic carbocycles. The normalized spacial score (nSPS) is 10.1. The Labute approximate surface area is 183 Å². The predicted octanol–water partition coefficient (Wildman–Crippen LogP) is 2.04. The van der Waals surface area contributed by atoms with Crippen LogP contribution < -0.4 is 25.4 Å². The van der Waals surface area contributed by atoms with Crippen molar-refractivity contribution in [1.82, 2.24) is 16.0 Å². The summed E-state index contributed by atoms with van der Waals surface area (Å²) in [5.41, 5.74) is 0.198. The molecule has 10 heteroatoms. The number of benzene rings is 2. The second-order valence-corrected chi connectivity index (χ2v) is 6.80. The van der Waals surface area contributed by atoms with Crippen LogP contribution in [0.25, 0.3) is 0 Å². The number of carbonyl (C=O) groups is 3. The van der Waals surface area contributed by atoms with Gasteiger partial charge in [0, 0.05) is 5.02 Å². The van der Waals surface area contributed by atoms with E-state index in [9.17, 15) is 14.4 Å². The molecule has 2 aromatic carbocycles. The third kappa shape index (κ3) is 7.81. The first kappa shape index (κ1) is 23.3. The number of halogens is 2. The summed E-state index contributed by atoms with van der Waals surface area (Å²) in [5, 5.41) is 8.02. The average Bonchev–Trinajstić information content (AvgIpc) is 2.74. The van der Waals surface area contributed by atoms with E-state index in [-0.39, 0.29) is 42.7 Å². The Morgan fingerprint density at radius 1 is 0.867 bits per heavy atom.